The second kappa shape index (κ2) is 8.33. The highest BCUT2D eigenvalue weighted by Crippen LogP contribution is 2.23. The zero-order chi connectivity index (χ0) is 19.2. The average molecular weight is 385 g/mol. The average Bonchev–Trinajstić information content (AvgIpc) is 2.67. The van der Waals surface area contributed by atoms with Crippen LogP contribution in [0.1, 0.15) is 0 Å². The molecule has 0 aliphatic heterocycles. The highest BCUT2D eigenvalue weighted by atomic mass is 35.5. The molecule has 0 atom stereocenters. The van der Waals surface area contributed by atoms with E-state index in [0.29, 0.717) is 17.2 Å². The molecule has 0 spiro atoms. The van der Waals surface area contributed by atoms with Crippen molar-refractivity contribution in [3.8, 4) is 11.5 Å². The minimum absolute atomic E-state index is 0.151. The summed E-state index contributed by atoms with van der Waals surface area (Å²) in [6.45, 7) is 0. The third kappa shape index (κ3) is 5.05. The molecule has 0 aliphatic rings. The van der Waals surface area contributed by atoms with Crippen LogP contribution in [-0.2, 0) is 9.59 Å². The molecule has 5 nitrogen and oxygen atoms in total. The standard InChI is InChI=1S/C20H14ClFN2O3/c21-17-12-14(8-11-18(17)22)24-20(26)19(25)23-13-6-9-16(10-7-13)27-15-4-2-1-3-5-15/h1-12H,(H,23,25)(H,24,26). The second-order valence-electron chi connectivity index (χ2n) is 5.48. The maximum Gasteiger partial charge on any atom is 0.314 e. The number of nitrogens with one attached hydrogen (secondary N) is 2. The molecule has 0 bridgehead atoms. The van der Waals surface area contributed by atoms with Crippen molar-refractivity contribution in [1.29, 1.82) is 0 Å². The van der Waals surface area contributed by atoms with Crippen molar-refractivity contribution < 1.29 is 18.7 Å². The Hall–Kier alpha value is -3.38. The van der Waals surface area contributed by atoms with Gasteiger partial charge in [0.1, 0.15) is 17.3 Å². The number of hydrogen-bond acceptors (Lipinski definition) is 3. The van der Waals surface area contributed by atoms with E-state index in [-0.39, 0.29) is 10.7 Å². The van der Waals surface area contributed by atoms with Gasteiger partial charge in [-0.2, -0.15) is 0 Å². The highest BCUT2D eigenvalue weighted by Gasteiger charge is 2.15. The predicted molar refractivity (Wildman–Crippen MR) is 102 cm³/mol. The van der Waals surface area contributed by atoms with E-state index in [1.54, 1.807) is 24.3 Å². The number of amides is 2. The summed E-state index contributed by atoms with van der Waals surface area (Å²) in [7, 11) is 0. The fourth-order valence-electron chi connectivity index (χ4n) is 2.18. The van der Waals surface area contributed by atoms with Gasteiger partial charge >= 0.3 is 11.8 Å². The molecule has 27 heavy (non-hydrogen) atoms. The molecule has 0 fully saturated rings. The summed E-state index contributed by atoms with van der Waals surface area (Å²) in [4.78, 5) is 23.9. The van der Waals surface area contributed by atoms with Crippen LogP contribution in [-0.4, -0.2) is 11.8 Å². The molecule has 0 saturated carbocycles. The van der Waals surface area contributed by atoms with Crippen LogP contribution < -0.4 is 15.4 Å². The molecule has 0 heterocycles. The molecule has 3 rings (SSSR count). The molecule has 0 aromatic heterocycles. The van der Waals surface area contributed by atoms with Gasteiger partial charge in [-0.25, -0.2) is 4.39 Å². The van der Waals surface area contributed by atoms with Crippen molar-refractivity contribution in [3.63, 3.8) is 0 Å². The molecule has 3 aromatic rings. The monoisotopic (exact) mass is 384 g/mol. The number of rotatable bonds is 4. The molecular formula is C20H14ClFN2O3. The lowest BCUT2D eigenvalue weighted by molar-refractivity contribution is -0.132. The smallest absolute Gasteiger partial charge is 0.314 e. The Morgan fingerprint density at radius 1 is 0.778 bits per heavy atom. The van der Waals surface area contributed by atoms with Crippen LogP contribution in [0, 0.1) is 5.82 Å². The van der Waals surface area contributed by atoms with Gasteiger partial charge in [0.2, 0.25) is 0 Å². The Morgan fingerprint density at radius 2 is 1.33 bits per heavy atom. The lowest BCUT2D eigenvalue weighted by Crippen LogP contribution is -2.29. The Kier molecular flexibility index (Phi) is 5.68. The Balaban J connectivity index is 1.58. The van der Waals surface area contributed by atoms with Crippen LogP contribution in [0.5, 0.6) is 11.5 Å². The van der Waals surface area contributed by atoms with Gasteiger partial charge in [0.05, 0.1) is 5.02 Å². The summed E-state index contributed by atoms with van der Waals surface area (Å²) in [6.07, 6.45) is 0. The number of benzene rings is 3. The summed E-state index contributed by atoms with van der Waals surface area (Å²) in [5.41, 5.74) is 0.640. The summed E-state index contributed by atoms with van der Waals surface area (Å²) < 4.78 is 18.8. The lowest BCUT2D eigenvalue weighted by atomic mass is 10.3. The fraction of sp³-hybridized carbons (Fsp3) is 0. The normalized spacial score (nSPS) is 10.1. The first kappa shape index (κ1) is 18.4. The number of carbonyl (C=O) groups is 2. The Labute approximate surface area is 159 Å². The number of hydrogen-bond donors (Lipinski definition) is 2. The molecule has 0 unspecified atom stereocenters. The first-order valence-electron chi connectivity index (χ1n) is 7.91. The third-order valence-corrected chi connectivity index (χ3v) is 3.76. The van der Waals surface area contributed by atoms with Gasteiger partial charge in [0, 0.05) is 11.4 Å². The largest absolute Gasteiger partial charge is 0.457 e. The molecule has 2 amide bonds. The summed E-state index contributed by atoms with van der Waals surface area (Å²) >= 11 is 5.64. The van der Waals surface area contributed by atoms with E-state index in [1.807, 2.05) is 30.3 Å². The maximum absolute atomic E-state index is 13.1. The summed E-state index contributed by atoms with van der Waals surface area (Å²) in [5, 5.41) is 4.66. The number of ether oxygens (including phenoxy) is 1. The van der Waals surface area contributed by atoms with Crippen LogP contribution in [0.15, 0.2) is 72.8 Å². The van der Waals surface area contributed by atoms with Crippen molar-refractivity contribution in [2.75, 3.05) is 10.6 Å². The lowest BCUT2D eigenvalue weighted by Gasteiger charge is -2.09. The van der Waals surface area contributed by atoms with Gasteiger partial charge in [0.15, 0.2) is 0 Å². The number of anilines is 2. The van der Waals surface area contributed by atoms with Gasteiger partial charge in [-0.05, 0) is 54.6 Å². The van der Waals surface area contributed by atoms with E-state index in [1.165, 1.54) is 12.1 Å². The molecular weight excluding hydrogens is 371 g/mol. The quantitative estimate of drug-likeness (QED) is 0.632. The predicted octanol–water partition coefficient (Wildman–Crippen LogP) is 4.85. The SMILES string of the molecule is O=C(Nc1ccc(Oc2ccccc2)cc1)C(=O)Nc1ccc(F)c(Cl)c1. The van der Waals surface area contributed by atoms with E-state index >= 15 is 0 Å². The second-order valence-corrected chi connectivity index (χ2v) is 5.88. The third-order valence-electron chi connectivity index (χ3n) is 3.47. The van der Waals surface area contributed by atoms with Gasteiger partial charge in [-0.1, -0.05) is 29.8 Å². The number of carbonyl (C=O) groups excluding carboxylic acids is 2. The highest BCUT2D eigenvalue weighted by molar-refractivity contribution is 6.43. The summed E-state index contributed by atoms with van der Waals surface area (Å²) in [6, 6.07) is 19.4. The van der Waals surface area contributed by atoms with Crippen molar-refractivity contribution in [3.05, 3.63) is 83.6 Å². The van der Waals surface area contributed by atoms with E-state index < -0.39 is 17.6 Å². The van der Waals surface area contributed by atoms with Crippen molar-refractivity contribution in [2.24, 2.45) is 0 Å². The van der Waals surface area contributed by atoms with E-state index in [9.17, 15) is 14.0 Å². The van der Waals surface area contributed by atoms with Crippen LogP contribution in [0.3, 0.4) is 0 Å². The fourth-order valence-corrected chi connectivity index (χ4v) is 2.36. The number of halogens is 2. The maximum atomic E-state index is 13.1. The van der Waals surface area contributed by atoms with Crippen LogP contribution >= 0.6 is 11.6 Å². The zero-order valence-corrected chi connectivity index (χ0v) is 14.7. The van der Waals surface area contributed by atoms with Crippen LogP contribution in [0.4, 0.5) is 15.8 Å². The zero-order valence-electron chi connectivity index (χ0n) is 13.9. The van der Waals surface area contributed by atoms with Gasteiger partial charge in [0.25, 0.3) is 0 Å². The Morgan fingerprint density at radius 3 is 1.96 bits per heavy atom. The molecule has 0 aliphatic carbocycles. The van der Waals surface area contributed by atoms with E-state index in [0.717, 1.165) is 6.07 Å². The molecule has 0 radical (unpaired) electrons. The molecule has 0 saturated heterocycles. The van der Waals surface area contributed by atoms with Crippen molar-refractivity contribution in [1.82, 2.24) is 0 Å². The van der Waals surface area contributed by atoms with E-state index in [2.05, 4.69) is 10.6 Å². The van der Waals surface area contributed by atoms with E-state index in [4.69, 9.17) is 16.3 Å². The first-order valence-corrected chi connectivity index (χ1v) is 8.29. The van der Waals surface area contributed by atoms with Gasteiger partial charge in [-0.3, -0.25) is 9.59 Å². The number of para-hydroxylation sites is 1. The minimum Gasteiger partial charge on any atom is -0.457 e. The summed E-state index contributed by atoms with van der Waals surface area (Å²) in [5.74, 6) is -1.11. The molecule has 3 aromatic carbocycles. The molecule has 136 valence electrons. The topological polar surface area (TPSA) is 67.4 Å². The molecule has 2 N–H and O–H groups in total. The van der Waals surface area contributed by atoms with Gasteiger partial charge in [-0.15, -0.1) is 0 Å². The first-order chi connectivity index (χ1) is 13.0. The molecule has 7 heteroatoms. The van der Waals surface area contributed by atoms with Crippen LogP contribution in [0.25, 0.3) is 0 Å². The van der Waals surface area contributed by atoms with Crippen molar-refractivity contribution in [2.45, 2.75) is 0 Å². The van der Waals surface area contributed by atoms with Crippen molar-refractivity contribution >= 4 is 34.8 Å². The van der Waals surface area contributed by atoms with Crippen LogP contribution in [0.2, 0.25) is 5.02 Å². The minimum atomic E-state index is -0.901. The Bertz CT molecular complexity index is 963. The van der Waals surface area contributed by atoms with Gasteiger partial charge < -0.3 is 15.4 Å².